The fraction of sp³-hybridized carbons (Fsp3) is 0.200. The van der Waals surface area contributed by atoms with Crippen LogP contribution in [0.1, 0.15) is 6.92 Å². The standard InChI is InChI=1S/C10H12N6/c1-2-12-10-9(7-13-16-10)15-14-8-4-3-5-11-6-8/h3-7,14H,2H2,1H3,(H,12,15,16). The Kier molecular flexibility index (Phi) is 3.22. The predicted octanol–water partition coefficient (Wildman–Crippen LogP) is 0.857. The molecule has 0 saturated heterocycles. The van der Waals surface area contributed by atoms with E-state index in [-0.39, 0.29) is 0 Å². The van der Waals surface area contributed by atoms with E-state index in [0.717, 1.165) is 12.2 Å². The van der Waals surface area contributed by atoms with Gasteiger partial charge in [0.25, 0.3) is 0 Å². The molecule has 0 aromatic carbocycles. The first-order valence-corrected chi connectivity index (χ1v) is 4.99. The van der Waals surface area contributed by atoms with E-state index in [2.05, 4.69) is 31.0 Å². The third-order valence-electron chi connectivity index (χ3n) is 1.89. The summed E-state index contributed by atoms with van der Waals surface area (Å²) in [4.78, 5) is 3.97. The lowest BCUT2D eigenvalue weighted by atomic mass is 10.4. The molecule has 16 heavy (non-hydrogen) atoms. The molecular weight excluding hydrogens is 204 g/mol. The summed E-state index contributed by atoms with van der Waals surface area (Å²) in [6, 6.07) is 3.72. The summed E-state index contributed by atoms with van der Waals surface area (Å²) < 4.78 is 0. The van der Waals surface area contributed by atoms with Gasteiger partial charge in [-0.3, -0.25) is 10.4 Å². The van der Waals surface area contributed by atoms with Crippen molar-refractivity contribution in [3.63, 3.8) is 0 Å². The van der Waals surface area contributed by atoms with Crippen molar-refractivity contribution >= 4 is 23.4 Å². The summed E-state index contributed by atoms with van der Waals surface area (Å²) >= 11 is 0. The number of rotatable bonds is 3. The number of nitrogens with one attached hydrogen (secondary N) is 2. The molecule has 0 radical (unpaired) electrons. The fourth-order valence-corrected chi connectivity index (χ4v) is 1.18. The van der Waals surface area contributed by atoms with Crippen LogP contribution in [0.2, 0.25) is 0 Å². The molecule has 6 nitrogen and oxygen atoms in total. The van der Waals surface area contributed by atoms with Crippen LogP contribution in [-0.4, -0.2) is 29.3 Å². The molecule has 0 fully saturated rings. The van der Waals surface area contributed by atoms with Gasteiger partial charge in [-0.2, -0.15) is 10.2 Å². The van der Waals surface area contributed by atoms with Crippen molar-refractivity contribution in [2.24, 2.45) is 15.3 Å². The van der Waals surface area contributed by atoms with Gasteiger partial charge in [0.15, 0.2) is 5.84 Å². The van der Waals surface area contributed by atoms with Crippen molar-refractivity contribution in [2.75, 3.05) is 12.0 Å². The maximum Gasteiger partial charge on any atom is 0.178 e. The molecule has 1 aromatic rings. The topological polar surface area (TPSA) is 74.0 Å². The second-order valence-electron chi connectivity index (χ2n) is 3.07. The van der Waals surface area contributed by atoms with Crippen molar-refractivity contribution < 1.29 is 0 Å². The van der Waals surface area contributed by atoms with E-state index in [0.29, 0.717) is 11.5 Å². The van der Waals surface area contributed by atoms with Gasteiger partial charge < -0.3 is 5.32 Å². The van der Waals surface area contributed by atoms with Gasteiger partial charge in [-0.25, -0.2) is 0 Å². The van der Waals surface area contributed by atoms with Crippen molar-refractivity contribution in [1.82, 2.24) is 10.3 Å². The van der Waals surface area contributed by atoms with E-state index < -0.39 is 0 Å². The van der Waals surface area contributed by atoms with Crippen LogP contribution >= 0.6 is 0 Å². The quantitative estimate of drug-likeness (QED) is 0.736. The molecule has 0 atom stereocenters. The van der Waals surface area contributed by atoms with E-state index in [1.807, 2.05) is 19.1 Å². The van der Waals surface area contributed by atoms with Crippen LogP contribution in [0.5, 0.6) is 0 Å². The number of nitrogens with zero attached hydrogens (tertiary/aromatic N) is 4. The zero-order valence-corrected chi connectivity index (χ0v) is 8.88. The third kappa shape index (κ3) is 2.41. The highest BCUT2D eigenvalue weighted by molar-refractivity contribution is 6.63. The number of hydrazone groups is 1. The summed E-state index contributed by atoms with van der Waals surface area (Å²) in [7, 11) is 0. The molecule has 1 aliphatic heterocycles. The van der Waals surface area contributed by atoms with E-state index in [4.69, 9.17) is 0 Å². The number of hydrogen-bond donors (Lipinski definition) is 2. The fourth-order valence-electron chi connectivity index (χ4n) is 1.18. The Hall–Kier alpha value is -2.24. The number of amidine groups is 1. The molecule has 0 saturated carbocycles. The molecule has 0 amide bonds. The lowest BCUT2D eigenvalue weighted by Crippen LogP contribution is -2.30. The van der Waals surface area contributed by atoms with E-state index in [1.165, 1.54) is 0 Å². The molecule has 0 spiro atoms. The maximum absolute atomic E-state index is 4.18. The molecule has 1 aromatic heterocycles. The van der Waals surface area contributed by atoms with Gasteiger partial charge >= 0.3 is 0 Å². The molecule has 82 valence electrons. The number of pyridine rings is 1. The first-order valence-electron chi connectivity index (χ1n) is 4.99. The average Bonchev–Trinajstić information content (AvgIpc) is 2.76. The summed E-state index contributed by atoms with van der Waals surface area (Å²) in [5.41, 5.74) is 4.40. The molecule has 2 rings (SSSR count). The Bertz CT molecular complexity index is 434. The highest BCUT2D eigenvalue weighted by Crippen LogP contribution is 2.02. The normalized spacial score (nSPS) is 16.3. The summed E-state index contributed by atoms with van der Waals surface area (Å²) in [5.74, 6) is 0.680. The summed E-state index contributed by atoms with van der Waals surface area (Å²) in [6.07, 6.45) is 5.00. The molecule has 1 aliphatic rings. The minimum atomic E-state index is 0.680. The molecule has 0 bridgehead atoms. The average molecular weight is 216 g/mol. The van der Waals surface area contributed by atoms with Gasteiger partial charge in [0.05, 0.1) is 18.1 Å². The lowest BCUT2D eigenvalue weighted by molar-refractivity contribution is 0.969. The Morgan fingerprint density at radius 3 is 3.12 bits per heavy atom. The van der Waals surface area contributed by atoms with Gasteiger partial charge in [-0.15, -0.1) is 5.10 Å². The minimum absolute atomic E-state index is 0.680. The Labute approximate surface area is 93.2 Å². The second kappa shape index (κ2) is 5.01. The van der Waals surface area contributed by atoms with Crippen LogP contribution in [0, 0.1) is 0 Å². The largest absolute Gasteiger partial charge is 0.367 e. The van der Waals surface area contributed by atoms with Crippen molar-refractivity contribution in [3.8, 4) is 0 Å². The molecule has 6 heteroatoms. The van der Waals surface area contributed by atoms with Crippen LogP contribution in [0.3, 0.4) is 0 Å². The summed E-state index contributed by atoms with van der Waals surface area (Å²) in [6.45, 7) is 2.78. The summed E-state index contributed by atoms with van der Waals surface area (Å²) in [5, 5.41) is 14.9. The van der Waals surface area contributed by atoms with Crippen molar-refractivity contribution in [3.05, 3.63) is 24.5 Å². The molecule has 2 heterocycles. The molecule has 0 aliphatic carbocycles. The Morgan fingerprint density at radius 2 is 2.38 bits per heavy atom. The predicted molar refractivity (Wildman–Crippen MR) is 64.9 cm³/mol. The Morgan fingerprint density at radius 1 is 1.44 bits per heavy atom. The van der Waals surface area contributed by atoms with Crippen LogP contribution in [0.4, 0.5) is 5.69 Å². The van der Waals surface area contributed by atoms with Gasteiger partial charge in [-0.1, -0.05) is 0 Å². The van der Waals surface area contributed by atoms with E-state index >= 15 is 0 Å². The third-order valence-corrected chi connectivity index (χ3v) is 1.89. The Balaban J connectivity index is 2.03. The molecule has 0 unspecified atom stereocenters. The second-order valence-corrected chi connectivity index (χ2v) is 3.07. The number of anilines is 1. The van der Waals surface area contributed by atoms with E-state index in [1.54, 1.807) is 18.6 Å². The van der Waals surface area contributed by atoms with Crippen LogP contribution < -0.4 is 10.7 Å². The lowest BCUT2D eigenvalue weighted by Gasteiger charge is -2.03. The van der Waals surface area contributed by atoms with Crippen molar-refractivity contribution in [2.45, 2.75) is 6.92 Å². The van der Waals surface area contributed by atoms with Gasteiger partial charge in [-0.05, 0) is 19.1 Å². The molecule has 2 N–H and O–H groups in total. The minimum Gasteiger partial charge on any atom is -0.367 e. The first kappa shape index (κ1) is 10.3. The molecular formula is C10H12N6. The smallest absolute Gasteiger partial charge is 0.178 e. The monoisotopic (exact) mass is 216 g/mol. The van der Waals surface area contributed by atoms with Crippen LogP contribution in [0.25, 0.3) is 0 Å². The number of hydrogen-bond acceptors (Lipinski definition) is 6. The van der Waals surface area contributed by atoms with Gasteiger partial charge in [0.2, 0.25) is 0 Å². The van der Waals surface area contributed by atoms with Crippen molar-refractivity contribution in [1.29, 1.82) is 0 Å². The van der Waals surface area contributed by atoms with Gasteiger partial charge in [0.1, 0.15) is 5.71 Å². The SMILES string of the molecule is CCNC1=NN=C/C1=N\Nc1cccnc1. The highest BCUT2D eigenvalue weighted by Gasteiger charge is 2.10. The zero-order chi connectivity index (χ0) is 11.2. The zero-order valence-electron chi connectivity index (χ0n) is 8.88. The van der Waals surface area contributed by atoms with Gasteiger partial charge in [0, 0.05) is 12.7 Å². The maximum atomic E-state index is 4.18. The number of aromatic nitrogens is 1. The van der Waals surface area contributed by atoms with E-state index in [9.17, 15) is 0 Å². The van der Waals surface area contributed by atoms with Crippen LogP contribution in [0.15, 0.2) is 39.8 Å². The van der Waals surface area contributed by atoms with Crippen LogP contribution in [-0.2, 0) is 0 Å². The highest BCUT2D eigenvalue weighted by atomic mass is 15.3. The first-order chi connectivity index (χ1) is 7.90.